The Hall–Kier alpha value is -1.38. The summed E-state index contributed by atoms with van der Waals surface area (Å²) in [7, 11) is 0. The number of carboxylic acids is 1. The monoisotopic (exact) mass is 250 g/mol. The lowest BCUT2D eigenvalue weighted by Crippen LogP contribution is -2.29. The topological polar surface area (TPSA) is 37.3 Å². The molecule has 1 aromatic rings. The predicted molar refractivity (Wildman–Crippen MR) is 68.0 cm³/mol. The highest BCUT2D eigenvalue weighted by atomic mass is 19.1. The van der Waals surface area contributed by atoms with Gasteiger partial charge in [0, 0.05) is 0 Å². The van der Waals surface area contributed by atoms with E-state index >= 15 is 0 Å². The molecule has 1 aliphatic carbocycles. The highest BCUT2D eigenvalue weighted by Gasteiger charge is 2.35. The van der Waals surface area contributed by atoms with Gasteiger partial charge in [0.2, 0.25) is 0 Å². The van der Waals surface area contributed by atoms with Gasteiger partial charge in [0.25, 0.3) is 0 Å². The molecule has 0 saturated heterocycles. The van der Waals surface area contributed by atoms with Crippen LogP contribution in [0.4, 0.5) is 4.39 Å². The van der Waals surface area contributed by atoms with Crippen LogP contribution in [0.25, 0.3) is 0 Å². The first-order chi connectivity index (χ1) is 8.49. The fourth-order valence-electron chi connectivity index (χ4n) is 3.03. The van der Waals surface area contributed by atoms with E-state index in [2.05, 4.69) is 6.92 Å². The van der Waals surface area contributed by atoms with Gasteiger partial charge < -0.3 is 5.11 Å². The number of aryl methyl sites for hydroxylation is 1. The van der Waals surface area contributed by atoms with Crippen molar-refractivity contribution < 1.29 is 14.3 Å². The number of hydrogen-bond donors (Lipinski definition) is 1. The number of carboxylic acid groups (broad SMARTS) is 1. The minimum Gasteiger partial charge on any atom is -0.481 e. The lowest BCUT2D eigenvalue weighted by molar-refractivity contribution is -0.143. The SMILES string of the molecule is Cc1ccc(F)cc1C1CC(C)CCC1C(=O)O. The maximum absolute atomic E-state index is 13.4. The zero-order valence-corrected chi connectivity index (χ0v) is 10.8. The van der Waals surface area contributed by atoms with Crippen molar-refractivity contribution in [1.29, 1.82) is 0 Å². The molecule has 3 atom stereocenters. The van der Waals surface area contributed by atoms with Crippen molar-refractivity contribution in [1.82, 2.24) is 0 Å². The fourth-order valence-corrected chi connectivity index (χ4v) is 3.03. The Morgan fingerprint density at radius 3 is 2.78 bits per heavy atom. The second-order valence-corrected chi connectivity index (χ2v) is 5.47. The highest BCUT2D eigenvalue weighted by Crippen LogP contribution is 2.41. The van der Waals surface area contributed by atoms with Crippen molar-refractivity contribution in [2.75, 3.05) is 0 Å². The molecule has 0 aromatic heterocycles. The predicted octanol–water partition coefficient (Wildman–Crippen LogP) is 3.74. The van der Waals surface area contributed by atoms with Crippen LogP contribution in [0.3, 0.4) is 0 Å². The van der Waals surface area contributed by atoms with Crippen LogP contribution >= 0.6 is 0 Å². The average molecular weight is 250 g/mol. The summed E-state index contributed by atoms with van der Waals surface area (Å²) in [6, 6.07) is 4.68. The summed E-state index contributed by atoms with van der Waals surface area (Å²) in [6.07, 6.45) is 2.47. The summed E-state index contributed by atoms with van der Waals surface area (Å²) >= 11 is 0. The van der Waals surface area contributed by atoms with Crippen molar-refractivity contribution in [3.8, 4) is 0 Å². The van der Waals surface area contributed by atoms with Crippen LogP contribution in [0, 0.1) is 24.6 Å². The smallest absolute Gasteiger partial charge is 0.307 e. The largest absolute Gasteiger partial charge is 0.481 e. The summed E-state index contributed by atoms with van der Waals surface area (Å²) in [6.45, 7) is 4.06. The Balaban J connectivity index is 2.37. The third-order valence-electron chi connectivity index (χ3n) is 4.07. The van der Waals surface area contributed by atoms with E-state index in [0.29, 0.717) is 12.3 Å². The van der Waals surface area contributed by atoms with E-state index in [1.807, 2.05) is 6.92 Å². The van der Waals surface area contributed by atoms with Gasteiger partial charge in [-0.15, -0.1) is 0 Å². The summed E-state index contributed by atoms with van der Waals surface area (Å²) in [5.74, 6) is -0.953. The molecular weight excluding hydrogens is 231 g/mol. The Morgan fingerprint density at radius 1 is 1.39 bits per heavy atom. The molecule has 0 bridgehead atoms. The molecule has 3 unspecified atom stereocenters. The molecule has 0 radical (unpaired) electrons. The third-order valence-corrected chi connectivity index (χ3v) is 4.07. The molecule has 0 amide bonds. The van der Waals surface area contributed by atoms with Crippen molar-refractivity contribution >= 4 is 5.97 Å². The van der Waals surface area contributed by atoms with E-state index in [9.17, 15) is 14.3 Å². The molecule has 1 aliphatic rings. The van der Waals surface area contributed by atoms with Gasteiger partial charge in [-0.2, -0.15) is 0 Å². The maximum Gasteiger partial charge on any atom is 0.307 e. The fraction of sp³-hybridized carbons (Fsp3) is 0.533. The number of carbonyl (C=O) groups is 1. The van der Waals surface area contributed by atoms with Gasteiger partial charge in [0.05, 0.1) is 5.92 Å². The van der Waals surface area contributed by atoms with Crippen LogP contribution < -0.4 is 0 Å². The van der Waals surface area contributed by atoms with Crippen LogP contribution in [-0.2, 0) is 4.79 Å². The van der Waals surface area contributed by atoms with Crippen molar-refractivity contribution in [2.24, 2.45) is 11.8 Å². The molecule has 98 valence electrons. The van der Waals surface area contributed by atoms with Crippen molar-refractivity contribution in [2.45, 2.75) is 39.0 Å². The first-order valence-electron chi connectivity index (χ1n) is 6.48. The van der Waals surface area contributed by atoms with E-state index in [4.69, 9.17) is 0 Å². The van der Waals surface area contributed by atoms with Gasteiger partial charge in [-0.3, -0.25) is 4.79 Å². The second kappa shape index (κ2) is 5.09. The standard InChI is InChI=1S/C15H19FO2/c1-9-3-6-12(15(17)18)14(7-9)13-8-11(16)5-4-10(13)2/h4-5,8-9,12,14H,3,6-7H2,1-2H3,(H,17,18). The van der Waals surface area contributed by atoms with Crippen molar-refractivity contribution in [3.63, 3.8) is 0 Å². The number of benzene rings is 1. The quantitative estimate of drug-likeness (QED) is 0.868. The average Bonchev–Trinajstić information content (AvgIpc) is 2.31. The summed E-state index contributed by atoms with van der Waals surface area (Å²) in [5, 5.41) is 9.32. The molecule has 0 heterocycles. The lowest BCUT2D eigenvalue weighted by atomic mass is 9.71. The molecule has 2 nitrogen and oxygen atoms in total. The zero-order valence-electron chi connectivity index (χ0n) is 10.8. The van der Waals surface area contributed by atoms with E-state index in [-0.39, 0.29) is 17.7 Å². The Morgan fingerprint density at radius 2 is 2.11 bits per heavy atom. The minimum absolute atomic E-state index is 0.0538. The van der Waals surface area contributed by atoms with Gasteiger partial charge in [-0.05, 0) is 61.3 Å². The van der Waals surface area contributed by atoms with Gasteiger partial charge in [-0.1, -0.05) is 13.0 Å². The summed E-state index contributed by atoms with van der Waals surface area (Å²) < 4.78 is 13.4. The molecule has 1 saturated carbocycles. The van der Waals surface area contributed by atoms with E-state index in [1.54, 1.807) is 6.07 Å². The highest BCUT2D eigenvalue weighted by molar-refractivity contribution is 5.71. The minimum atomic E-state index is -0.754. The van der Waals surface area contributed by atoms with Crippen LogP contribution in [-0.4, -0.2) is 11.1 Å². The van der Waals surface area contributed by atoms with Crippen LogP contribution in [0.15, 0.2) is 18.2 Å². The second-order valence-electron chi connectivity index (χ2n) is 5.47. The molecular formula is C15H19FO2. The van der Waals surface area contributed by atoms with E-state index in [0.717, 1.165) is 24.0 Å². The molecule has 18 heavy (non-hydrogen) atoms. The third kappa shape index (κ3) is 2.55. The van der Waals surface area contributed by atoms with Crippen molar-refractivity contribution in [3.05, 3.63) is 35.1 Å². The van der Waals surface area contributed by atoms with Gasteiger partial charge in [0.15, 0.2) is 0 Å². The van der Waals surface area contributed by atoms with Crippen LogP contribution in [0.5, 0.6) is 0 Å². The molecule has 1 N–H and O–H groups in total. The Labute approximate surface area is 107 Å². The number of aliphatic carboxylic acids is 1. The normalized spacial score (nSPS) is 28.1. The summed E-state index contributed by atoms with van der Waals surface area (Å²) in [4.78, 5) is 11.3. The molecule has 3 heteroatoms. The zero-order chi connectivity index (χ0) is 13.3. The molecule has 0 aliphatic heterocycles. The molecule has 2 rings (SSSR count). The molecule has 1 aromatic carbocycles. The first kappa shape index (κ1) is 13.1. The number of halogens is 1. The Kier molecular flexibility index (Phi) is 3.69. The molecule has 0 spiro atoms. The lowest BCUT2D eigenvalue weighted by Gasteiger charge is -2.33. The van der Waals surface area contributed by atoms with Crippen LogP contribution in [0.1, 0.15) is 43.2 Å². The van der Waals surface area contributed by atoms with E-state index in [1.165, 1.54) is 12.1 Å². The first-order valence-corrected chi connectivity index (χ1v) is 6.48. The van der Waals surface area contributed by atoms with Crippen LogP contribution in [0.2, 0.25) is 0 Å². The molecule has 1 fully saturated rings. The number of rotatable bonds is 2. The van der Waals surface area contributed by atoms with Gasteiger partial charge >= 0.3 is 5.97 Å². The summed E-state index contributed by atoms with van der Waals surface area (Å²) in [5.41, 5.74) is 1.86. The Bertz CT molecular complexity index is 456. The number of hydrogen-bond acceptors (Lipinski definition) is 1. The van der Waals surface area contributed by atoms with E-state index < -0.39 is 5.97 Å². The van der Waals surface area contributed by atoms with Gasteiger partial charge in [0.1, 0.15) is 5.82 Å². The maximum atomic E-state index is 13.4. The van der Waals surface area contributed by atoms with Gasteiger partial charge in [-0.25, -0.2) is 4.39 Å².